The van der Waals surface area contributed by atoms with Gasteiger partial charge in [0.15, 0.2) is 0 Å². The van der Waals surface area contributed by atoms with E-state index in [9.17, 15) is 9.90 Å². The van der Waals surface area contributed by atoms with Crippen LogP contribution in [0.3, 0.4) is 0 Å². The van der Waals surface area contributed by atoms with Crippen molar-refractivity contribution in [2.75, 3.05) is 18.5 Å². The Morgan fingerprint density at radius 3 is 2.81 bits per heavy atom. The Labute approximate surface area is 125 Å². The molecule has 2 N–H and O–H groups in total. The Morgan fingerprint density at radius 2 is 2.24 bits per heavy atom. The number of aliphatic hydroxyl groups excluding tert-OH is 1. The topological polar surface area (TPSA) is 76.4 Å². The fourth-order valence-corrected chi connectivity index (χ4v) is 2.60. The van der Waals surface area contributed by atoms with Gasteiger partial charge in [-0.05, 0) is 31.9 Å². The van der Waals surface area contributed by atoms with Gasteiger partial charge in [0.25, 0.3) is 0 Å². The first-order valence-corrected chi connectivity index (χ1v) is 7.34. The molecule has 5 heteroatoms. The van der Waals surface area contributed by atoms with Gasteiger partial charge >= 0.3 is 0 Å². The van der Waals surface area contributed by atoms with Crippen molar-refractivity contribution in [3.63, 3.8) is 0 Å². The third-order valence-corrected chi connectivity index (χ3v) is 4.08. The number of nitrogens with one attached hydrogen (secondary N) is 1. The van der Waals surface area contributed by atoms with E-state index < -0.39 is 0 Å². The van der Waals surface area contributed by atoms with Crippen LogP contribution in [0.4, 0.5) is 5.69 Å². The number of amides is 1. The number of hydrogen-bond acceptors (Lipinski definition) is 4. The molecule has 0 aromatic heterocycles. The molecule has 112 valence electrons. The highest BCUT2D eigenvalue weighted by Crippen LogP contribution is 2.26. The van der Waals surface area contributed by atoms with E-state index in [0.29, 0.717) is 23.8 Å². The fourth-order valence-electron chi connectivity index (χ4n) is 2.60. The van der Waals surface area contributed by atoms with Crippen LogP contribution in [0.1, 0.15) is 31.7 Å². The van der Waals surface area contributed by atoms with Crippen molar-refractivity contribution >= 4 is 11.6 Å². The number of anilines is 1. The standard InChI is InChI=1S/C16H21N3O2/c1-12(19(9-10-20)14-6-4-7-14)16(21)18-15-8-3-2-5-13(15)11-17/h2-3,5,8,12,14,20H,4,6-7,9-10H2,1H3,(H,18,21). The molecule has 21 heavy (non-hydrogen) atoms. The van der Waals surface area contributed by atoms with Crippen molar-refractivity contribution in [2.24, 2.45) is 0 Å². The highest BCUT2D eigenvalue weighted by Gasteiger charge is 2.31. The minimum Gasteiger partial charge on any atom is -0.395 e. The van der Waals surface area contributed by atoms with E-state index in [-0.39, 0.29) is 18.6 Å². The zero-order valence-electron chi connectivity index (χ0n) is 12.2. The van der Waals surface area contributed by atoms with Crippen LogP contribution >= 0.6 is 0 Å². The first-order chi connectivity index (χ1) is 10.2. The highest BCUT2D eigenvalue weighted by molar-refractivity contribution is 5.95. The number of nitriles is 1. The molecule has 1 aliphatic carbocycles. The normalized spacial score (nSPS) is 16.1. The fraction of sp³-hybridized carbons (Fsp3) is 0.500. The molecule has 1 aromatic rings. The van der Waals surface area contributed by atoms with Gasteiger partial charge in [-0.1, -0.05) is 18.6 Å². The molecule has 1 saturated carbocycles. The Balaban J connectivity index is 2.05. The summed E-state index contributed by atoms with van der Waals surface area (Å²) in [4.78, 5) is 14.4. The first-order valence-electron chi connectivity index (χ1n) is 7.34. The van der Waals surface area contributed by atoms with Crippen LogP contribution in [-0.2, 0) is 4.79 Å². The number of para-hydroxylation sites is 1. The first kappa shape index (κ1) is 15.5. The van der Waals surface area contributed by atoms with Gasteiger partial charge in [0.05, 0.1) is 23.9 Å². The lowest BCUT2D eigenvalue weighted by molar-refractivity contribution is -0.122. The summed E-state index contributed by atoms with van der Waals surface area (Å²) in [6, 6.07) is 9.09. The lowest BCUT2D eigenvalue weighted by atomic mass is 9.90. The van der Waals surface area contributed by atoms with Crippen molar-refractivity contribution in [2.45, 2.75) is 38.3 Å². The van der Waals surface area contributed by atoms with E-state index in [1.165, 1.54) is 6.42 Å². The number of carbonyl (C=O) groups excluding carboxylic acids is 1. The molecule has 5 nitrogen and oxygen atoms in total. The van der Waals surface area contributed by atoms with Crippen LogP contribution in [-0.4, -0.2) is 41.1 Å². The maximum atomic E-state index is 12.4. The number of nitrogens with zero attached hydrogens (tertiary/aromatic N) is 2. The van der Waals surface area contributed by atoms with E-state index in [0.717, 1.165) is 12.8 Å². The Kier molecular flexibility index (Phi) is 5.32. The predicted octanol–water partition coefficient (Wildman–Crippen LogP) is 1.73. The van der Waals surface area contributed by atoms with E-state index in [4.69, 9.17) is 5.26 Å². The summed E-state index contributed by atoms with van der Waals surface area (Å²) in [5.41, 5.74) is 0.991. The molecule has 1 unspecified atom stereocenters. The molecule has 1 aliphatic rings. The van der Waals surface area contributed by atoms with E-state index >= 15 is 0 Å². The summed E-state index contributed by atoms with van der Waals surface area (Å²) in [5, 5.41) is 21.1. The Hall–Kier alpha value is -1.90. The molecule has 1 amide bonds. The molecule has 0 bridgehead atoms. The quantitative estimate of drug-likeness (QED) is 0.835. The summed E-state index contributed by atoms with van der Waals surface area (Å²) in [6.45, 7) is 2.39. The molecule has 1 atom stereocenters. The maximum Gasteiger partial charge on any atom is 0.241 e. The van der Waals surface area contributed by atoms with Gasteiger partial charge < -0.3 is 10.4 Å². The molecule has 0 radical (unpaired) electrons. The summed E-state index contributed by atoms with van der Waals surface area (Å²) in [6.07, 6.45) is 3.33. The van der Waals surface area contributed by atoms with Gasteiger partial charge in [-0.15, -0.1) is 0 Å². The molecule has 0 spiro atoms. The third-order valence-electron chi connectivity index (χ3n) is 4.08. The van der Waals surface area contributed by atoms with Crippen molar-refractivity contribution in [1.82, 2.24) is 4.90 Å². The Bertz CT molecular complexity index is 535. The summed E-state index contributed by atoms with van der Waals surface area (Å²) in [5.74, 6) is -0.141. The monoisotopic (exact) mass is 287 g/mol. The third kappa shape index (κ3) is 3.60. The smallest absolute Gasteiger partial charge is 0.241 e. The van der Waals surface area contributed by atoms with Crippen molar-refractivity contribution in [3.05, 3.63) is 29.8 Å². The average Bonchev–Trinajstić information content (AvgIpc) is 2.44. The molecular formula is C16H21N3O2. The molecular weight excluding hydrogens is 266 g/mol. The number of carbonyl (C=O) groups is 1. The van der Waals surface area contributed by atoms with Gasteiger partial charge in [-0.2, -0.15) is 5.26 Å². The van der Waals surface area contributed by atoms with E-state index in [1.807, 2.05) is 11.8 Å². The largest absolute Gasteiger partial charge is 0.395 e. The van der Waals surface area contributed by atoms with Crippen molar-refractivity contribution in [3.8, 4) is 6.07 Å². The molecule has 1 aromatic carbocycles. The second-order valence-electron chi connectivity index (χ2n) is 5.37. The second-order valence-corrected chi connectivity index (χ2v) is 5.37. The summed E-state index contributed by atoms with van der Waals surface area (Å²) < 4.78 is 0. The summed E-state index contributed by atoms with van der Waals surface area (Å²) in [7, 11) is 0. The predicted molar refractivity (Wildman–Crippen MR) is 80.7 cm³/mol. The molecule has 2 rings (SSSR count). The van der Waals surface area contributed by atoms with Crippen LogP contribution in [0, 0.1) is 11.3 Å². The number of aliphatic hydroxyl groups is 1. The zero-order chi connectivity index (χ0) is 15.2. The lowest BCUT2D eigenvalue weighted by Crippen LogP contribution is -2.51. The number of benzene rings is 1. The van der Waals surface area contributed by atoms with Crippen LogP contribution < -0.4 is 5.32 Å². The van der Waals surface area contributed by atoms with E-state index in [2.05, 4.69) is 11.4 Å². The SMILES string of the molecule is CC(C(=O)Nc1ccccc1C#N)N(CCO)C1CCC1. The van der Waals surface area contributed by atoms with Crippen LogP contribution in [0.5, 0.6) is 0 Å². The Morgan fingerprint density at radius 1 is 1.52 bits per heavy atom. The van der Waals surface area contributed by atoms with Gasteiger partial charge in [0.2, 0.25) is 5.91 Å². The van der Waals surface area contributed by atoms with Crippen LogP contribution in [0.15, 0.2) is 24.3 Å². The molecule has 0 aliphatic heterocycles. The maximum absolute atomic E-state index is 12.4. The van der Waals surface area contributed by atoms with Crippen LogP contribution in [0.2, 0.25) is 0 Å². The average molecular weight is 287 g/mol. The van der Waals surface area contributed by atoms with E-state index in [1.54, 1.807) is 24.3 Å². The highest BCUT2D eigenvalue weighted by atomic mass is 16.3. The number of rotatable bonds is 6. The zero-order valence-corrected chi connectivity index (χ0v) is 12.2. The van der Waals surface area contributed by atoms with Crippen LogP contribution in [0.25, 0.3) is 0 Å². The van der Waals surface area contributed by atoms with Gasteiger partial charge in [-0.25, -0.2) is 0 Å². The molecule has 0 heterocycles. The van der Waals surface area contributed by atoms with Crippen molar-refractivity contribution < 1.29 is 9.90 Å². The number of hydrogen-bond donors (Lipinski definition) is 2. The molecule has 1 fully saturated rings. The minimum atomic E-state index is -0.325. The lowest BCUT2D eigenvalue weighted by Gasteiger charge is -2.40. The molecule has 0 saturated heterocycles. The summed E-state index contributed by atoms with van der Waals surface area (Å²) >= 11 is 0. The van der Waals surface area contributed by atoms with Gasteiger partial charge in [0.1, 0.15) is 6.07 Å². The van der Waals surface area contributed by atoms with Gasteiger partial charge in [-0.3, -0.25) is 9.69 Å². The van der Waals surface area contributed by atoms with Gasteiger partial charge in [0, 0.05) is 12.6 Å². The second kappa shape index (κ2) is 7.21. The van der Waals surface area contributed by atoms with Crippen molar-refractivity contribution in [1.29, 1.82) is 5.26 Å². The minimum absolute atomic E-state index is 0.0445.